The van der Waals surface area contributed by atoms with E-state index in [4.69, 9.17) is 11.6 Å². The molecule has 0 spiro atoms. The van der Waals surface area contributed by atoms with Crippen LogP contribution in [0.4, 0.5) is 5.69 Å². The third kappa shape index (κ3) is 3.61. The van der Waals surface area contributed by atoms with Crippen molar-refractivity contribution in [3.63, 3.8) is 0 Å². The minimum Gasteiger partial charge on any atom is -0.320 e. The summed E-state index contributed by atoms with van der Waals surface area (Å²) < 4.78 is 1.58. The number of carbonyl (C=O) groups is 2. The van der Waals surface area contributed by atoms with Crippen LogP contribution >= 0.6 is 11.6 Å². The van der Waals surface area contributed by atoms with Crippen molar-refractivity contribution in [3.05, 3.63) is 82.6 Å². The van der Waals surface area contributed by atoms with Crippen molar-refractivity contribution in [1.29, 1.82) is 0 Å². The molecule has 3 aromatic rings. The van der Waals surface area contributed by atoms with E-state index in [-0.39, 0.29) is 16.5 Å². The Labute approximate surface area is 150 Å². The summed E-state index contributed by atoms with van der Waals surface area (Å²) in [5.74, 6) is -0.618. The fourth-order valence-corrected chi connectivity index (χ4v) is 2.67. The molecule has 6 heteroatoms. The SMILES string of the molecule is CCn1cc(Cl)c(C(=O)Nc2ccccc2C(=O)c2ccccc2)n1. The molecule has 3 rings (SSSR count). The lowest BCUT2D eigenvalue weighted by atomic mass is 10.0. The van der Waals surface area contributed by atoms with Gasteiger partial charge in [-0.05, 0) is 19.1 Å². The van der Waals surface area contributed by atoms with Gasteiger partial charge in [0.05, 0.1) is 10.7 Å². The fourth-order valence-electron chi connectivity index (χ4n) is 2.43. The van der Waals surface area contributed by atoms with Crippen molar-refractivity contribution in [2.75, 3.05) is 5.32 Å². The number of aryl methyl sites for hydroxylation is 1. The van der Waals surface area contributed by atoms with Crippen LogP contribution in [-0.4, -0.2) is 21.5 Å². The Balaban J connectivity index is 1.90. The van der Waals surface area contributed by atoms with Crippen molar-refractivity contribution >= 4 is 29.0 Å². The zero-order chi connectivity index (χ0) is 17.8. The molecule has 1 heterocycles. The Kier molecular flexibility index (Phi) is 4.95. The summed E-state index contributed by atoms with van der Waals surface area (Å²) in [6.45, 7) is 2.51. The normalized spacial score (nSPS) is 10.5. The monoisotopic (exact) mass is 353 g/mol. The second kappa shape index (κ2) is 7.32. The number of ketones is 1. The van der Waals surface area contributed by atoms with Gasteiger partial charge in [-0.25, -0.2) is 0 Å². The first-order chi connectivity index (χ1) is 12.1. The van der Waals surface area contributed by atoms with Crippen LogP contribution in [-0.2, 0) is 6.54 Å². The highest BCUT2D eigenvalue weighted by Crippen LogP contribution is 2.21. The third-order valence-corrected chi connectivity index (χ3v) is 3.99. The highest BCUT2D eigenvalue weighted by molar-refractivity contribution is 6.34. The summed E-state index contributed by atoms with van der Waals surface area (Å²) in [5, 5.41) is 7.15. The summed E-state index contributed by atoms with van der Waals surface area (Å²) in [4.78, 5) is 25.2. The summed E-state index contributed by atoms with van der Waals surface area (Å²) >= 11 is 6.07. The van der Waals surface area contributed by atoms with Crippen LogP contribution < -0.4 is 5.32 Å². The smallest absolute Gasteiger partial charge is 0.277 e. The predicted octanol–water partition coefficient (Wildman–Crippen LogP) is 4.04. The van der Waals surface area contributed by atoms with Crippen LogP contribution in [0.25, 0.3) is 0 Å². The zero-order valence-electron chi connectivity index (χ0n) is 13.6. The van der Waals surface area contributed by atoms with Gasteiger partial charge in [-0.15, -0.1) is 0 Å². The topological polar surface area (TPSA) is 64.0 Å². The molecule has 0 bridgehead atoms. The molecule has 1 aromatic heterocycles. The van der Waals surface area contributed by atoms with Crippen molar-refractivity contribution in [2.45, 2.75) is 13.5 Å². The lowest BCUT2D eigenvalue weighted by Gasteiger charge is -2.10. The predicted molar refractivity (Wildman–Crippen MR) is 97.2 cm³/mol. The molecule has 0 unspecified atom stereocenters. The molecule has 0 aliphatic carbocycles. The second-order valence-corrected chi connectivity index (χ2v) is 5.78. The number of carbonyl (C=O) groups excluding carboxylic acids is 2. The van der Waals surface area contributed by atoms with Gasteiger partial charge in [0.15, 0.2) is 11.5 Å². The van der Waals surface area contributed by atoms with Gasteiger partial charge in [-0.3, -0.25) is 14.3 Å². The Morgan fingerprint density at radius 2 is 1.76 bits per heavy atom. The number of hydrogen-bond acceptors (Lipinski definition) is 3. The van der Waals surface area contributed by atoms with E-state index in [9.17, 15) is 9.59 Å². The zero-order valence-corrected chi connectivity index (χ0v) is 14.3. The largest absolute Gasteiger partial charge is 0.320 e. The van der Waals surface area contributed by atoms with E-state index in [0.29, 0.717) is 23.4 Å². The van der Waals surface area contributed by atoms with Crippen molar-refractivity contribution in [2.24, 2.45) is 0 Å². The molecule has 5 nitrogen and oxygen atoms in total. The maximum absolute atomic E-state index is 12.7. The van der Waals surface area contributed by atoms with Crippen molar-refractivity contribution in [1.82, 2.24) is 9.78 Å². The number of hydrogen-bond donors (Lipinski definition) is 1. The molecule has 2 aromatic carbocycles. The molecule has 0 saturated heterocycles. The minimum absolute atomic E-state index is 0.130. The van der Waals surface area contributed by atoms with Gasteiger partial charge in [0, 0.05) is 23.9 Å². The van der Waals surface area contributed by atoms with E-state index in [0.717, 1.165) is 0 Å². The second-order valence-electron chi connectivity index (χ2n) is 5.38. The van der Waals surface area contributed by atoms with E-state index in [1.807, 2.05) is 13.0 Å². The molecule has 0 atom stereocenters. The van der Waals surface area contributed by atoms with Gasteiger partial charge < -0.3 is 5.32 Å². The molecular formula is C19H16ClN3O2. The number of anilines is 1. The number of benzene rings is 2. The van der Waals surface area contributed by atoms with Crippen LogP contribution in [0.3, 0.4) is 0 Å². The van der Waals surface area contributed by atoms with Crippen LogP contribution in [0.2, 0.25) is 5.02 Å². The molecule has 1 amide bonds. The lowest BCUT2D eigenvalue weighted by molar-refractivity contribution is 0.102. The molecule has 0 fully saturated rings. The first kappa shape index (κ1) is 16.9. The first-order valence-electron chi connectivity index (χ1n) is 7.83. The summed E-state index contributed by atoms with van der Waals surface area (Å²) in [6.07, 6.45) is 1.59. The Morgan fingerprint density at radius 1 is 1.08 bits per heavy atom. The Morgan fingerprint density at radius 3 is 2.44 bits per heavy atom. The van der Waals surface area contributed by atoms with E-state index in [1.165, 1.54) is 0 Å². The molecule has 1 N–H and O–H groups in total. The van der Waals surface area contributed by atoms with E-state index in [1.54, 1.807) is 59.4 Å². The lowest BCUT2D eigenvalue weighted by Crippen LogP contribution is -2.16. The van der Waals surface area contributed by atoms with Gasteiger partial charge in [0.1, 0.15) is 0 Å². The first-order valence-corrected chi connectivity index (χ1v) is 8.21. The van der Waals surface area contributed by atoms with Gasteiger partial charge >= 0.3 is 0 Å². The van der Waals surface area contributed by atoms with Crippen molar-refractivity contribution in [3.8, 4) is 0 Å². The van der Waals surface area contributed by atoms with Crippen LogP contribution in [0.1, 0.15) is 33.3 Å². The van der Waals surface area contributed by atoms with Gasteiger partial charge in [-0.2, -0.15) is 5.10 Å². The Hall–Kier alpha value is -2.92. The Bertz CT molecular complexity index is 919. The van der Waals surface area contributed by atoms with Gasteiger partial charge in [0.25, 0.3) is 5.91 Å². The summed E-state index contributed by atoms with van der Waals surface area (Å²) in [7, 11) is 0. The van der Waals surface area contributed by atoms with Crippen LogP contribution in [0, 0.1) is 0 Å². The maximum atomic E-state index is 12.7. The van der Waals surface area contributed by atoms with Crippen molar-refractivity contribution < 1.29 is 9.59 Å². The number of rotatable bonds is 5. The number of nitrogens with zero attached hydrogens (tertiary/aromatic N) is 2. The standard InChI is InChI=1S/C19H16ClN3O2/c1-2-23-12-15(20)17(22-23)19(25)21-16-11-7-6-10-14(16)18(24)13-8-4-3-5-9-13/h3-12H,2H2,1H3,(H,21,25). The molecular weight excluding hydrogens is 338 g/mol. The highest BCUT2D eigenvalue weighted by Gasteiger charge is 2.19. The van der Waals surface area contributed by atoms with E-state index < -0.39 is 5.91 Å². The molecule has 126 valence electrons. The number of para-hydroxylation sites is 1. The number of aromatic nitrogens is 2. The third-order valence-electron chi connectivity index (χ3n) is 3.71. The van der Waals surface area contributed by atoms with Gasteiger partial charge in [-0.1, -0.05) is 54.1 Å². The quantitative estimate of drug-likeness (QED) is 0.704. The van der Waals surface area contributed by atoms with E-state index in [2.05, 4.69) is 10.4 Å². The average molecular weight is 354 g/mol. The number of halogens is 1. The molecule has 0 radical (unpaired) electrons. The minimum atomic E-state index is -0.453. The van der Waals surface area contributed by atoms with Crippen LogP contribution in [0.5, 0.6) is 0 Å². The molecule has 0 saturated carbocycles. The summed E-state index contributed by atoms with van der Waals surface area (Å²) in [6, 6.07) is 15.8. The maximum Gasteiger partial charge on any atom is 0.277 e. The molecule has 25 heavy (non-hydrogen) atoms. The average Bonchev–Trinajstić information content (AvgIpc) is 3.03. The highest BCUT2D eigenvalue weighted by atomic mass is 35.5. The molecule has 0 aliphatic heterocycles. The number of nitrogens with one attached hydrogen (secondary N) is 1. The molecule has 0 aliphatic rings. The van der Waals surface area contributed by atoms with E-state index >= 15 is 0 Å². The number of amides is 1. The van der Waals surface area contributed by atoms with Gasteiger partial charge in [0.2, 0.25) is 0 Å². The van der Waals surface area contributed by atoms with Crippen LogP contribution in [0.15, 0.2) is 60.8 Å². The fraction of sp³-hybridized carbons (Fsp3) is 0.105. The summed E-state index contributed by atoms with van der Waals surface area (Å²) in [5.41, 5.74) is 1.51.